The van der Waals surface area contributed by atoms with Gasteiger partial charge in [-0.05, 0) is 25.5 Å². The minimum absolute atomic E-state index is 0.193. The number of aryl methyl sites for hydroxylation is 1. The summed E-state index contributed by atoms with van der Waals surface area (Å²) in [6.45, 7) is 3.36. The van der Waals surface area contributed by atoms with E-state index in [1.54, 1.807) is 13.2 Å². The summed E-state index contributed by atoms with van der Waals surface area (Å²) in [5.74, 6) is 0.801. The van der Waals surface area contributed by atoms with Gasteiger partial charge in [-0.1, -0.05) is 6.07 Å². The van der Waals surface area contributed by atoms with Gasteiger partial charge in [0.25, 0.3) is 0 Å². The number of nitriles is 1. The molecule has 100 valence electrons. The molecule has 0 fully saturated rings. The van der Waals surface area contributed by atoms with Gasteiger partial charge in [-0.2, -0.15) is 5.26 Å². The van der Waals surface area contributed by atoms with Crippen LogP contribution in [-0.4, -0.2) is 23.3 Å². The van der Waals surface area contributed by atoms with Gasteiger partial charge >= 0.3 is 0 Å². The van der Waals surface area contributed by atoms with Crippen LogP contribution in [0, 0.1) is 11.3 Å². The number of alkyl halides is 1. The van der Waals surface area contributed by atoms with Crippen LogP contribution >= 0.6 is 11.6 Å². The van der Waals surface area contributed by atoms with Crippen molar-refractivity contribution < 1.29 is 4.74 Å². The van der Waals surface area contributed by atoms with E-state index in [1.165, 1.54) is 0 Å². The van der Waals surface area contributed by atoms with Gasteiger partial charge in [0, 0.05) is 20.3 Å². The lowest BCUT2D eigenvalue weighted by Gasteiger charge is -2.10. The number of fused-ring (bicyclic) bond motifs is 1. The van der Waals surface area contributed by atoms with Gasteiger partial charge in [0.15, 0.2) is 0 Å². The summed E-state index contributed by atoms with van der Waals surface area (Å²) in [7, 11) is 1.69. The summed E-state index contributed by atoms with van der Waals surface area (Å²) in [4.78, 5) is 4.53. The molecule has 1 aromatic heterocycles. The Hall–Kier alpha value is -1.57. The fraction of sp³-hybridized carbons (Fsp3) is 0.429. The first kappa shape index (κ1) is 13.9. The monoisotopic (exact) mass is 277 g/mol. The predicted molar refractivity (Wildman–Crippen MR) is 75.2 cm³/mol. The van der Waals surface area contributed by atoms with Crippen LogP contribution in [0.1, 0.15) is 30.1 Å². The molecule has 2 rings (SSSR count). The summed E-state index contributed by atoms with van der Waals surface area (Å²) in [6, 6.07) is 7.79. The molecule has 4 nitrogen and oxygen atoms in total. The van der Waals surface area contributed by atoms with Crippen molar-refractivity contribution in [3.05, 3.63) is 29.6 Å². The summed E-state index contributed by atoms with van der Waals surface area (Å²) in [5.41, 5.74) is 2.27. The third-order valence-electron chi connectivity index (χ3n) is 3.01. The molecule has 0 aliphatic heterocycles. The first-order chi connectivity index (χ1) is 9.19. The number of methoxy groups -OCH3 is 1. The highest BCUT2D eigenvalue weighted by Crippen LogP contribution is 2.26. The van der Waals surface area contributed by atoms with Crippen molar-refractivity contribution in [2.24, 2.45) is 0 Å². The highest BCUT2D eigenvalue weighted by atomic mass is 35.5. The maximum atomic E-state index is 9.14. The number of para-hydroxylation sites is 1. The maximum absolute atomic E-state index is 9.14. The van der Waals surface area contributed by atoms with Gasteiger partial charge in [-0.25, -0.2) is 4.98 Å². The molecule has 0 saturated heterocycles. The number of nitrogens with zero attached hydrogens (tertiary/aromatic N) is 3. The number of rotatable bonds is 5. The van der Waals surface area contributed by atoms with E-state index in [2.05, 4.69) is 15.6 Å². The van der Waals surface area contributed by atoms with Gasteiger partial charge < -0.3 is 9.30 Å². The van der Waals surface area contributed by atoms with E-state index in [-0.39, 0.29) is 5.38 Å². The van der Waals surface area contributed by atoms with Gasteiger partial charge in [0.05, 0.1) is 16.5 Å². The number of aromatic nitrogens is 2. The average Bonchev–Trinajstić information content (AvgIpc) is 2.78. The van der Waals surface area contributed by atoms with E-state index in [0.717, 1.165) is 29.8 Å². The maximum Gasteiger partial charge on any atom is 0.127 e. The molecule has 0 radical (unpaired) electrons. The van der Waals surface area contributed by atoms with Crippen LogP contribution in [0.4, 0.5) is 0 Å². The molecule has 19 heavy (non-hydrogen) atoms. The van der Waals surface area contributed by atoms with E-state index in [4.69, 9.17) is 21.6 Å². The second kappa shape index (κ2) is 6.05. The summed E-state index contributed by atoms with van der Waals surface area (Å²) >= 11 is 6.19. The molecule has 0 amide bonds. The molecule has 2 aromatic rings. The Bertz CT molecular complexity index is 613. The van der Waals surface area contributed by atoms with Crippen LogP contribution < -0.4 is 0 Å². The Balaban J connectivity index is 2.52. The Labute approximate surface area is 117 Å². The molecule has 0 spiro atoms. The van der Waals surface area contributed by atoms with Crippen LogP contribution in [-0.2, 0) is 11.3 Å². The Morgan fingerprint density at radius 3 is 2.95 bits per heavy atom. The van der Waals surface area contributed by atoms with E-state index in [0.29, 0.717) is 12.2 Å². The van der Waals surface area contributed by atoms with Gasteiger partial charge in [0.1, 0.15) is 17.4 Å². The lowest BCUT2D eigenvalue weighted by atomic mass is 10.2. The summed E-state index contributed by atoms with van der Waals surface area (Å²) in [5, 5.41) is 8.94. The molecular weight excluding hydrogens is 262 g/mol. The zero-order chi connectivity index (χ0) is 13.8. The van der Waals surface area contributed by atoms with Crippen molar-refractivity contribution in [1.82, 2.24) is 9.55 Å². The predicted octanol–water partition coefficient (Wildman–Crippen LogP) is 3.24. The molecule has 0 aliphatic carbocycles. The number of benzene rings is 1. The van der Waals surface area contributed by atoms with Gasteiger partial charge in [-0.15, -0.1) is 11.6 Å². The van der Waals surface area contributed by atoms with Crippen molar-refractivity contribution in [2.75, 3.05) is 13.7 Å². The molecule has 0 aliphatic rings. The van der Waals surface area contributed by atoms with E-state index >= 15 is 0 Å². The number of imidazole rings is 1. The quantitative estimate of drug-likeness (QED) is 0.623. The Morgan fingerprint density at radius 1 is 1.53 bits per heavy atom. The van der Waals surface area contributed by atoms with Gasteiger partial charge in [0.2, 0.25) is 0 Å². The fourth-order valence-electron chi connectivity index (χ4n) is 2.16. The van der Waals surface area contributed by atoms with Crippen LogP contribution in [0.25, 0.3) is 11.0 Å². The normalized spacial score (nSPS) is 12.5. The molecule has 0 bridgehead atoms. The molecule has 1 unspecified atom stereocenters. The average molecular weight is 278 g/mol. The highest BCUT2D eigenvalue weighted by molar-refractivity contribution is 6.20. The molecule has 5 heteroatoms. The number of hydrogen-bond acceptors (Lipinski definition) is 3. The topological polar surface area (TPSA) is 50.8 Å². The minimum atomic E-state index is -0.193. The SMILES string of the molecule is COCCCn1c(C(C)Cl)nc2c(C#N)cccc21. The second-order valence-electron chi connectivity index (χ2n) is 4.37. The lowest BCUT2D eigenvalue weighted by Crippen LogP contribution is -2.06. The summed E-state index contributed by atoms with van der Waals surface area (Å²) in [6.07, 6.45) is 0.884. The minimum Gasteiger partial charge on any atom is -0.385 e. The Morgan fingerprint density at radius 2 is 2.32 bits per heavy atom. The second-order valence-corrected chi connectivity index (χ2v) is 5.02. The largest absolute Gasteiger partial charge is 0.385 e. The van der Waals surface area contributed by atoms with Crippen molar-refractivity contribution >= 4 is 22.6 Å². The molecule has 1 aromatic carbocycles. The van der Waals surface area contributed by atoms with E-state index < -0.39 is 0 Å². The molecular formula is C14H16ClN3O. The van der Waals surface area contributed by atoms with E-state index in [1.807, 2.05) is 19.1 Å². The number of ether oxygens (including phenoxy) is 1. The Kier molecular flexibility index (Phi) is 4.41. The van der Waals surface area contributed by atoms with Crippen LogP contribution in [0.3, 0.4) is 0 Å². The zero-order valence-corrected chi connectivity index (χ0v) is 11.8. The molecule has 0 saturated carbocycles. The van der Waals surface area contributed by atoms with Crippen molar-refractivity contribution in [3.8, 4) is 6.07 Å². The van der Waals surface area contributed by atoms with Crippen molar-refractivity contribution in [2.45, 2.75) is 25.3 Å². The van der Waals surface area contributed by atoms with Crippen LogP contribution in [0.15, 0.2) is 18.2 Å². The summed E-state index contributed by atoms with van der Waals surface area (Å²) < 4.78 is 7.15. The molecule has 0 N–H and O–H groups in total. The van der Waals surface area contributed by atoms with E-state index in [9.17, 15) is 0 Å². The van der Waals surface area contributed by atoms with Crippen LogP contribution in [0.5, 0.6) is 0 Å². The fourth-order valence-corrected chi connectivity index (χ4v) is 2.33. The zero-order valence-electron chi connectivity index (χ0n) is 11.1. The number of halogens is 1. The lowest BCUT2D eigenvalue weighted by molar-refractivity contribution is 0.190. The first-order valence-corrected chi connectivity index (χ1v) is 6.65. The van der Waals surface area contributed by atoms with Crippen molar-refractivity contribution in [3.63, 3.8) is 0 Å². The first-order valence-electron chi connectivity index (χ1n) is 6.21. The van der Waals surface area contributed by atoms with Crippen LogP contribution in [0.2, 0.25) is 0 Å². The highest BCUT2D eigenvalue weighted by Gasteiger charge is 2.16. The third kappa shape index (κ3) is 2.73. The molecule has 1 atom stereocenters. The smallest absolute Gasteiger partial charge is 0.127 e. The standard InChI is InChI=1S/C14H16ClN3O/c1-10(15)14-17-13-11(9-16)5-3-6-12(13)18(14)7-4-8-19-2/h3,5-6,10H,4,7-8H2,1-2H3. The molecule has 1 heterocycles. The van der Waals surface area contributed by atoms with Crippen molar-refractivity contribution in [1.29, 1.82) is 5.26 Å². The van der Waals surface area contributed by atoms with Gasteiger partial charge in [-0.3, -0.25) is 0 Å². The number of hydrogen-bond donors (Lipinski definition) is 0. The third-order valence-corrected chi connectivity index (χ3v) is 3.21.